The molecule has 0 aliphatic carbocycles. The topological polar surface area (TPSA) is 76.1 Å². The summed E-state index contributed by atoms with van der Waals surface area (Å²) in [5, 5.41) is 8.62. The zero-order chi connectivity index (χ0) is 15.0. The number of alkyl halides is 5. The lowest BCUT2D eigenvalue weighted by atomic mass is 10.1. The first-order valence-corrected chi connectivity index (χ1v) is 5.25. The molecule has 2 N–H and O–H groups in total. The van der Waals surface area contributed by atoms with E-state index in [2.05, 4.69) is 4.74 Å². The summed E-state index contributed by atoms with van der Waals surface area (Å²) in [5.74, 6) is -6.47. The minimum atomic E-state index is -5.90. The van der Waals surface area contributed by atoms with Crippen LogP contribution in [-0.4, -0.2) is 19.3 Å². The highest BCUT2D eigenvalue weighted by atomic mass is 32.1. The highest BCUT2D eigenvalue weighted by Gasteiger charge is 2.61. The average molecular weight is 300 g/mol. The summed E-state index contributed by atoms with van der Waals surface area (Å²) in [6.07, 6.45) is -5.90. The molecule has 10 heteroatoms. The smallest absolute Gasteiger partial charge is 0.458 e. The van der Waals surface area contributed by atoms with E-state index in [4.69, 9.17) is 11.0 Å². The summed E-state index contributed by atoms with van der Waals surface area (Å²) >= 11 is -0.215. The molecule has 1 aromatic rings. The lowest BCUT2D eigenvalue weighted by molar-refractivity contribution is -0.287. The van der Waals surface area contributed by atoms with E-state index in [0.29, 0.717) is 0 Å². The van der Waals surface area contributed by atoms with Crippen LogP contribution in [0.25, 0.3) is 0 Å². The molecule has 0 spiro atoms. The van der Waals surface area contributed by atoms with Crippen molar-refractivity contribution in [3.05, 3.63) is 15.3 Å². The number of nitrogens with zero attached hydrogens (tertiary/aromatic N) is 1. The maximum absolute atomic E-state index is 13.2. The summed E-state index contributed by atoms with van der Waals surface area (Å²) in [6.45, 7) is 0. The fraction of sp³-hybridized carbons (Fsp3) is 0.333. The predicted molar refractivity (Wildman–Crippen MR) is 54.7 cm³/mol. The number of rotatable bonds is 2. The van der Waals surface area contributed by atoms with Gasteiger partial charge in [-0.15, -0.1) is 11.3 Å². The van der Waals surface area contributed by atoms with Gasteiger partial charge in [0.1, 0.15) is 15.8 Å². The molecular formula is C9H5F5N2O2S. The largest absolute Gasteiger partial charge is 0.465 e. The third kappa shape index (κ3) is 2.33. The molecule has 0 bridgehead atoms. The molecule has 0 unspecified atom stereocenters. The second-order valence-electron chi connectivity index (χ2n) is 3.22. The average Bonchev–Trinajstić information content (AvgIpc) is 2.64. The summed E-state index contributed by atoms with van der Waals surface area (Å²) in [5.41, 5.74) is 3.39. The predicted octanol–water partition coefficient (Wildman–Crippen LogP) is 2.64. The van der Waals surface area contributed by atoms with Gasteiger partial charge in [0.25, 0.3) is 0 Å². The molecule has 0 aliphatic rings. The number of hydrogen-bond donors (Lipinski definition) is 1. The molecule has 0 atom stereocenters. The SMILES string of the molecule is COC(=O)c1sc(C(F)(F)C(F)(F)F)c(C#N)c1N. The number of nitriles is 1. The van der Waals surface area contributed by atoms with Crippen molar-refractivity contribution in [1.82, 2.24) is 0 Å². The van der Waals surface area contributed by atoms with Gasteiger partial charge in [-0.25, -0.2) is 4.79 Å². The van der Waals surface area contributed by atoms with Gasteiger partial charge in [-0.3, -0.25) is 0 Å². The van der Waals surface area contributed by atoms with Crippen LogP contribution in [-0.2, 0) is 10.7 Å². The molecule has 0 saturated heterocycles. The van der Waals surface area contributed by atoms with Crippen molar-refractivity contribution >= 4 is 23.0 Å². The first-order valence-electron chi connectivity index (χ1n) is 4.43. The van der Waals surface area contributed by atoms with Gasteiger partial charge in [-0.05, 0) is 0 Å². The molecule has 1 heterocycles. The fourth-order valence-corrected chi connectivity index (χ4v) is 2.23. The lowest BCUT2D eigenvalue weighted by Gasteiger charge is -2.18. The number of ether oxygens (including phenoxy) is 1. The number of anilines is 1. The third-order valence-corrected chi connectivity index (χ3v) is 3.32. The summed E-state index contributed by atoms with van der Waals surface area (Å²) < 4.78 is 67.3. The molecule has 1 aromatic heterocycles. The highest BCUT2D eigenvalue weighted by Crippen LogP contribution is 2.49. The van der Waals surface area contributed by atoms with Gasteiger partial charge in [0.05, 0.1) is 18.4 Å². The van der Waals surface area contributed by atoms with Gasteiger partial charge in [0.2, 0.25) is 0 Å². The zero-order valence-electron chi connectivity index (χ0n) is 9.14. The van der Waals surface area contributed by atoms with Crippen LogP contribution in [0.3, 0.4) is 0 Å². The Morgan fingerprint density at radius 2 is 1.89 bits per heavy atom. The Hall–Kier alpha value is -1.89. The van der Waals surface area contributed by atoms with Crippen LogP contribution >= 0.6 is 11.3 Å². The monoisotopic (exact) mass is 300 g/mol. The van der Waals surface area contributed by atoms with Crippen LogP contribution in [0.1, 0.15) is 20.1 Å². The molecule has 0 radical (unpaired) electrons. The number of nitrogens with two attached hydrogens (primary N) is 1. The van der Waals surface area contributed by atoms with Crippen molar-refractivity contribution in [2.75, 3.05) is 12.8 Å². The number of methoxy groups -OCH3 is 1. The van der Waals surface area contributed by atoms with Crippen molar-refractivity contribution in [2.24, 2.45) is 0 Å². The van der Waals surface area contributed by atoms with Gasteiger partial charge in [-0.2, -0.15) is 27.2 Å². The molecule has 0 amide bonds. The molecule has 0 aliphatic heterocycles. The van der Waals surface area contributed by atoms with E-state index in [-0.39, 0.29) is 11.3 Å². The summed E-state index contributed by atoms with van der Waals surface area (Å²) in [4.78, 5) is 8.87. The standard InChI is InChI=1S/C9H5F5N2O2S/c1-18-7(17)5-4(16)3(2-15)6(19-5)8(10,11)9(12,13)14/h16H2,1H3. The van der Waals surface area contributed by atoms with Crippen molar-refractivity contribution in [1.29, 1.82) is 5.26 Å². The van der Waals surface area contributed by atoms with Crippen LogP contribution in [0, 0.1) is 11.3 Å². The van der Waals surface area contributed by atoms with E-state index in [1.165, 1.54) is 0 Å². The number of esters is 1. The maximum Gasteiger partial charge on any atom is 0.458 e. The van der Waals surface area contributed by atoms with E-state index in [9.17, 15) is 26.7 Å². The normalized spacial score (nSPS) is 12.1. The molecule has 0 aromatic carbocycles. The van der Waals surface area contributed by atoms with Crippen molar-refractivity contribution in [2.45, 2.75) is 12.1 Å². The zero-order valence-corrected chi connectivity index (χ0v) is 9.96. The van der Waals surface area contributed by atoms with Crippen molar-refractivity contribution in [3.63, 3.8) is 0 Å². The van der Waals surface area contributed by atoms with E-state index in [1.54, 1.807) is 0 Å². The Balaban J connectivity index is 3.55. The highest BCUT2D eigenvalue weighted by molar-refractivity contribution is 7.15. The quantitative estimate of drug-likeness (QED) is 0.673. The van der Waals surface area contributed by atoms with Crippen LogP contribution in [0.5, 0.6) is 0 Å². The van der Waals surface area contributed by atoms with Crippen LogP contribution in [0.4, 0.5) is 27.6 Å². The number of halogens is 5. The lowest BCUT2D eigenvalue weighted by Crippen LogP contribution is -2.33. The molecule has 19 heavy (non-hydrogen) atoms. The first kappa shape index (κ1) is 15.2. The van der Waals surface area contributed by atoms with Crippen LogP contribution < -0.4 is 5.73 Å². The maximum atomic E-state index is 13.2. The Bertz CT molecular complexity index is 558. The van der Waals surface area contributed by atoms with Gasteiger partial charge in [0, 0.05) is 0 Å². The minimum absolute atomic E-state index is 0.215. The third-order valence-electron chi connectivity index (χ3n) is 2.07. The molecule has 0 saturated carbocycles. The van der Waals surface area contributed by atoms with Crippen molar-refractivity contribution in [3.8, 4) is 6.07 Å². The van der Waals surface area contributed by atoms with E-state index in [1.807, 2.05) is 0 Å². The van der Waals surface area contributed by atoms with Gasteiger partial charge in [-0.1, -0.05) is 0 Å². The molecule has 0 fully saturated rings. The number of carbonyl (C=O) groups excluding carboxylic acids is 1. The van der Waals surface area contributed by atoms with Crippen LogP contribution in [0.2, 0.25) is 0 Å². The Morgan fingerprint density at radius 3 is 2.26 bits per heavy atom. The molecule has 104 valence electrons. The van der Waals surface area contributed by atoms with Gasteiger partial charge in [0.15, 0.2) is 0 Å². The second-order valence-corrected chi connectivity index (χ2v) is 4.25. The summed E-state index contributed by atoms with van der Waals surface area (Å²) in [7, 11) is 0.898. The molecule has 1 rings (SSSR count). The Morgan fingerprint density at radius 1 is 1.37 bits per heavy atom. The second kappa shape index (κ2) is 4.65. The minimum Gasteiger partial charge on any atom is -0.465 e. The summed E-state index contributed by atoms with van der Waals surface area (Å²) in [6, 6.07) is 1.14. The number of hydrogen-bond acceptors (Lipinski definition) is 5. The number of carbonyl (C=O) groups is 1. The van der Waals surface area contributed by atoms with E-state index >= 15 is 0 Å². The number of nitrogen functional groups attached to an aromatic ring is 1. The molecular weight excluding hydrogens is 295 g/mol. The first-order chi connectivity index (χ1) is 8.57. The van der Waals surface area contributed by atoms with Crippen LogP contribution in [0.15, 0.2) is 0 Å². The number of thiophene rings is 1. The fourth-order valence-electron chi connectivity index (χ4n) is 1.15. The van der Waals surface area contributed by atoms with E-state index in [0.717, 1.165) is 13.2 Å². The van der Waals surface area contributed by atoms with E-state index < -0.39 is 39.1 Å². The Kier molecular flexibility index (Phi) is 3.72. The van der Waals surface area contributed by atoms with Gasteiger partial charge >= 0.3 is 18.1 Å². The Labute approximate surface area is 107 Å². The van der Waals surface area contributed by atoms with Gasteiger partial charge < -0.3 is 10.5 Å². The molecule has 4 nitrogen and oxygen atoms in total. The van der Waals surface area contributed by atoms with Crippen molar-refractivity contribution < 1.29 is 31.5 Å².